The first-order chi connectivity index (χ1) is 4.79. The number of aromatic nitrogens is 1. The van der Waals surface area contributed by atoms with Crippen LogP contribution in [0.4, 0.5) is 10.8 Å². The maximum absolute atomic E-state index is 5.63. The third-order valence-corrected chi connectivity index (χ3v) is 2.41. The molecule has 0 bridgehead atoms. The van der Waals surface area contributed by atoms with E-state index in [1.165, 1.54) is 11.3 Å². The van der Waals surface area contributed by atoms with Gasteiger partial charge in [-0.25, -0.2) is 0 Å². The molecule has 0 fully saturated rings. The third kappa shape index (κ3) is 0.537. The fourth-order valence-corrected chi connectivity index (χ4v) is 1.76. The van der Waals surface area contributed by atoms with Gasteiger partial charge in [0.2, 0.25) is 0 Å². The smallest absolute Gasteiger partial charge is 0.142 e. The Balaban J connectivity index is 2.95. The maximum atomic E-state index is 5.63. The number of hydrogen-bond acceptors (Lipinski definition) is 3. The summed E-state index contributed by atoms with van der Waals surface area (Å²) in [6, 6.07) is 3.93. The number of anilines is 2. The summed E-state index contributed by atoms with van der Waals surface area (Å²) in [6.45, 7) is 0. The Hall–Kier alpha value is -1.16. The van der Waals surface area contributed by atoms with Crippen LogP contribution in [0, 0.1) is 0 Å². The zero-order valence-electron chi connectivity index (χ0n) is 5.24. The molecule has 3 nitrogen and oxygen atoms in total. The molecule has 0 unspecified atom stereocenters. The summed E-state index contributed by atoms with van der Waals surface area (Å²) >= 11 is 1.50. The second-order valence-electron chi connectivity index (χ2n) is 2.07. The largest absolute Gasteiger partial charge is 0.388 e. The van der Waals surface area contributed by atoms with E-state index in [4.69, 9.17) is 11.5 Å². The monoisotopic (exact) mass is 153 g/mol. The molecule has 10 heavy (non-hydrogen) atoms. The minimum Gasteiger partial charge on any atom is -0.388 e. The van der Waals surface area contributed by atoms with Crippen molar-refractivity contribution in [2.75, 3.05) is 11.5 Å². The van der Waals surface area contributed by atoms with Crippen molar-refractivity contribution in [3.05, 3.63) is 18.3 Å². The molecule has 52 valence electrons. The van der Waals surface area contributed by atoms with Crippen molar-refractivity contribution in [1.82, 2.24) is 4.40 Å². The molecule has 2 heterocycles. The molecule has 0 radical (unpaired) electrons. The summed E-state index contributed by atoms with van der Waals surface area (Å²) in [4.78, 5) is 1.09. The van der Waals surface area contributed by atoms with Gasteiger partial charge in [-0.2, -0.15) is 0 Å². The van der Waals surface area contributed by atoms with Crippen LogP contribution >= 0.6 is 11.3 Å². The Morgan fingerprint density at radius 3 is 2.90 bits per heavy atom. The molecular formula is C6H7N3S. The van der Waals surface area contributed by atoms with Crippen molar-refractivity contribution in [2.24, 2.45) is 0 Å². The average molecular weight is 153 g/mol. The van der Waals surface area contributed by atoms with E-state index >= 15 is 0 Å². The zero-order chi connectivity index (χ0) is 7.14. The maximum Gasteiger partial charge on any atom is 0.142 e. The van der Waals surface area contributed by atoms with Crippen LogP contribution < -0.4 is 11.5 Å². The standard InChI is InChI=1S/C6H7N3S/c7-5-6(8)10-4-2-1-3-9(4)5/h1-3H,7-8H2. The second kappa shape index (κ2) is 1.67. The summed E-state index contributed by atoms with van der Waals surface area (Å²) in [5, 5.41) is 0.690. The number of rotatable bonds is 0. The highest BCUT2D eigenvalue weighted by molar-refractivity contribution is 7.21. The van der Waals surface area contributed by atoms with Gasteiger partial charge < -0.3 is 11.5 Å². The highest BCUT2D eigenvalue weighted by atomic mass is 32.1. The zero-order valence-corrected chi connectivity index (χ0v) is 6.06. The first-order valence-corrected chi connectivity index (χ1v) is 3.71. The molecule has 0 saturated heterocycles. The molecule has 0 amide bonds. The number of fused-ring (bicyclic) bond motifs is 1. The van der Waals surface area contributed by atoms with Gasteiger partial charge in [0.15, 0.2) is 0 Å². The van der Waals surface area contributed by atoms with Crippen molar-refractivity contribution in [2.45, 2.75) is 0 Å². The van der Waals surface area contributed by atoms with Crippen molar-refractivity contribution >= 4 is 27.0 Å². The van der Waals surface area contributed by atoms with E-state index in [1.54, 1.807) is 0 Å². The lowest BCUT2D eigenvalue weighted by Crippen LogP contribution is -1.93. The van der Waals surface area contributed by atoms with Crippen LogP contribution in [-0.2, 0) is 0 Å². The summed E-state index contributed by atoms with van der Waals surface area (Å²) in [7, 11) is 0. The van der Waals surface area contributed by atoms with Gasteiger partial charge in [-0.15, -0.1) is 0 Å². The number of hydrogen-bond donors (Lipinski definition) is 2. The summed E-state index contributed by atoms with van der Waals surface area (Å²) in [6.07, 6.45) is 1.90. The van der Waals surface area contributed by atoms with Gasteiger partial charge in [-0.05, 0) is 12.1 Å². The van der Waals surface area contributed by atoms with Crippen LogP contribution in [0.3, 0.4) is 0 Å². The Labute approximate surface area is 61.9 Å². The van der Waals surface area contributed by atoms with Crippen LogP contribution in [0.25, 0.3) is 4.83 Å². The summed E-state index contributed by atoms with van der Waals surface area (Å²) in [5.41, 5.74) is 11.2. The van der Waals surface area contributed by atoms with Gasteiger partial charge in [0.25, 0.3) is 0 Å². The molecule has 0 aromatic carbocycles. The molecule has 0 aliphatic rings. The van der Waals surface area contributed by atoms with E-state index < -0.39 is 0 Å². The van der Waals surface area contributed by atoms with Crippen LogP contribution in [0.1, 0.15) is 0 Å². The summed E-state index contributed by atoms with van der Waals surface area (Å²) in [5.74, 6) is 0.644. The van der Waals surface area contributed by atoms with Crippen LogP contribution in [0.2, 0.25) is 0 Å². The lowest BCUT2D eigenvalue weighted by Gasteiger charge is -1.88. The Bertz CT molecular complexity index is 360. The lowest BCUT2D eigenvalue weighted by atomic mass is 10.7. The van der Waals surface area contributed by atoms with E-state index in [9.17, 15) is 0 Å². The molecule has 4 heteroatoms. The normalized spacial score (nSPS) is 10.8. The van der Waals surface area contributed by atoms with Crippen molar-refractivity contribution in [3.8, 4) is 0 Å². The molecule has 4 N–H and O–H groups in total. The predicted molar refractivity (Wildman–Crippen MR) is 44.1 cm³/mol. The number of nitrogen functional groups attached to an aromatic ring is 2. The van der Waals surface area contributed by atoms with E-state index in [0.717, 1.165) is 4.83 Å². The number of thiazole rings is 1. The topological polar surface area (TPSA) is 56.5 Å². The number of nitrogens with zero attached hydrogens (tertiary/aromatic N) is 1. The predicted octanol–water partition coefficient (Wildman–Crippen LogP) is 1.17. The lowest BCUT2D eigenvalue weighted by molar-refractivity contribution is 1.25. The molecule has 2 aromatic rings. The summed E-state index contributed by atoms with van der Waals surface area (Å²) < 4.78 is 1.88. The van der Waals surface area contributed by atoms with Gasteiger partial charge in [-0.3, -0.25) is 4.40 Å². The minimum atomic E-state index is 0.644. The van der Waals surface area contributed by atoms with E-state index in [0.29, 0.717) is 10.8 Å². The minimum absolute atomic E-state index is 0.644. The first-order valence-electron chi connectivity index (χ1n) is 2.90. The quantitative estimate of drug-likeness (QED) is 0.596. The first kappa shape index (κ1) is 5.61. The van der Waals surface area contributed by atoms with Gasteiger partial charge in [0, 0.05) is 6.20 Å². The van der Waals surface area contributed by atoms with Crippen molar-refractivity contribution < 1.29 is 0 Å². The molecular weight excluding hydrogens is 146 g/mol. The highest BCUT2D eigenvalue weighted by Gasteiger charge is 2.02. The molecule has 0 spiro atoms. The average Bonchev–Trinajstić information content (AvgIpc) is 2.41. The van der Waals surface area contributed by atoms with Crippen LogP contribution in [-0.4, -0.2) is 4.40 Å². The molecule has 0 saturated carbocycles. The molecule has 2 rings (SSSR count). The van der Waals surface area contributed by atoms with E-state index in [2.05, 4.69) is 0 Å². The Morgan fingerprint density at radius 1 is 1.40 bits per heavy atom. The van der Waals surface area contributed by atoms with Crippen LogP contribution in [0.15, 0.2) is 18.3 Å². The molecule has 0 atom stereocenters. The van der Waals surface area contributed by atoms with Crippen molar-refractivity contribution in [3.63, 3.8) is 0 Å². The Morgan fingerprint density at radius 2 is 2.20 bits per heavy atom. The van der Waals surface area contributed by atoms with E-state index in [1.807, 2.05) is 22.7 Å². The van der Waals surface area contributed by atoms with Gasteiger partial charge in [-0.1, -0.05) is 11.3 Å². The SMILES string of the molecule is Nc1sc2cccn2c1N. The number of nitrogens with two attached hydrogens (primary N) is 2. The molecule has 2 aromatic heterocycles. The second-order valence-corrected chi connectivity index (χ2v) is 3.13. The van der Waals surface area contributed by atoms with Gasteiger partial charge >= 0.3 is 0 Å². The Kier molecular flexibility index (Phi) is 0.935. The fraction of sp³-hybridized carbons (Fsp3) is 0. The van der Waals surface area contributed by atoms with Crippen molar-refractivity contribution in [1.29, 1.82) is 0 Å². The highest BCUT2D eigenvalue weighted by Crippen LogP contribution is 2.27. The molecule has 0 aliphatic carbocycles. The van der Waals surface area contributed by atoms with Crippen LogP contribution in [0.5, 0.6) is 0 Å². The fourth-order valence-electron chi connectivity index (χ4n) is 0.931. The van der Waals surface area contributed by atoms with Gasteiger partial charge in [0.1, 0.15) is 15.6 Å². The van der Waals surface area contributed by atoms with Gasteiger partial charge in [0.05, 0.1) is 0 Å². The van der Waals surface area contributed by atoms with E-state index in [-0.39, 0.29) is 0 Å². The molecule has 0 aliphatic heterocycles. The third-order valence-electron chi connectivity index (χ3n) is 1.44.